The van der Waals surface area contributed by atoms with Gasteiger partial charge in [0.15, 0.2) is 0 Å². The lowest BCUT2D eigenvalue weighted by Gasteiger charge is -2.39. The number of aryl methyl sites for hydroxylation is 2. The topological polar surface area (TPSA) is 98.7 Å². The van der Waals surface area contributed by atoms with Gasteiger partial charge in [0.2, 0.25) is 0 Å². The predicted molar refractivity (Wildman–Crippen MR) is 158 cm³/mol. The van der Waals surface area contributed by atoms with E-state index in [1.807, 2.05) is 62.4 Å². The first-order valence-electron chi connectivity index (χ1n) is 13.7. The Bertz CT molecular complexity index is 1420. The summed E-state index contributed by atoms with van der Waals surface area (Å²) in [4.78, 5) is 25.9. The molecule has 0 atom stereocenters. The fourth-order valence-corrected chi connectivity index (χ4v) is 5.57. The molecule has 6 nitrogen and oxygen atoms in total. The quantitative estimate of drug-likeness (QED) is 0.193. The summed E-state index contributed by atoms with van der Waals surface area (Å²) in [6.45, 7) is 3.92. The molecular weight excluding hydrogens is 500 g/mol. The average molecular weight is 535 g/mol. The van der Waals surface area contributed by atoms with Gasteiger partial charge in [-0.1, -0.05) is 66.8 Å². The molecule has 1 aliphatic rings. The van der Waals surface area contributed by atoms with E-state index in [0.717, 1.165) is 54.4 Å². The highest BCUT2D eigenvalue weighted by Gasteiger charge is 2.37. The third-order valence-electron chi connectivity index (χ3n) is 7.93. The number of rotatable bonds is 6. The van der Waals surface area contributed by atoms with Gasteiger partial charge in [-0.15, -0.1) is 0 Å². The normalized spacial score (nSPS) is 14.3. The molecule has 1 fully saturated rings. The molecule has 0 aliphatic heterocycles. The second-order valence-electron chi connectivity index (χ2n) is 10.7. The van der Waals surface area contributed by atoms with Crippen LogP contribution in [0.25, 0.3) is 0 Å². The van der Waals surface area contributed by atoms with Crippen LogP contribution in [0.3, 0.4) is 0 Å². The number of anilines is 2. The Morgan fingerprint density at radius 3 is 1.40 bits per heavy atom. The maximum Gasteiger partial charge on any atom is 0.255 e. The van der Waals surface area contributed by atoms with Gasteiger partial charge in [0, 0.05) is 16.5 Å². The van der Waals surface area contributed by atoms with Gasteiger partial charge >= 0.3 is 0 Å². The number of benzene rings is 4. The Hall–Kier alpha value is -4.58. The van der Waals surface area contributed by atoms with Crippen molar-refractivity contribution in [1.82, 2.24) is 0 Å². The Balaban J connectivity index is 1.48. The number of amides is 2. The van der Waals surface area contributed by atoms with E-state index in [4.69, 9.17) is 0 Å². The van der Waals surface area contributed by atoms with E-state index < -0.39 is 5.41 Å². The number of nitrogens with one attached hydrogen (secondary N) is 2. The van der Waals surface area contributed by atoms with Gasteiger partial charge in [-0.25, -0.2) is 0 Å². The Labute approximate surface area is 234 Å². The molecule has 6 heteroatoms. The van der Waals surface area contributed by atoms with Crippen molar-refractivity contribution in [3.8, 4) is 11.5 Å². The van der Waals surface area contributed by atoms with E-state index in [1.165, 1.54) is 0 Å². The van der Waals surface area contributed by atoms with Gasteiger partial charge in [0.1, 0.15) is 11.5 Å². The van der Waals surface area contributed by atoms with Crippen molar-refractivity contribution in [3.63, 3.8) is 0 Å². The minimum Gasteiger partial charge on any atom is -0.506 e. The van der Waals surface area contributed by atoms with E-state index in [2.05, 4.69) is 10.6 Å². The highest BCUT2D eigenvalue weighted by Crippen LogP contribution is 2.47. The van der Waals surface area contributed by atoms with Gasteiger partial charge in [0.05, 0.1) is 11.4 Å². The maximum atomic E-state index is 12.9. The molecule has 5 rings (SSSR count). The summed E-state index contributed by atoms with van der Waals surface area (Å²) in [5.74, 6) is -0.606. The average Bonchev–Trinajstić information content (AvgIpc) is 2.96. The van der Waals surface area contributed by atoms with E-state index in [0.29, 0.717) is 22.5 Å². The molecule has 0 saturated heterocycles. The molecular formula is C34H34N2O4. The molecule has 0 spiro atoms. The molecule has 0 heterocycles. The fourth-order valence-electron chi connectivity index (χ4n) is 5.57. The molecule has 0 radical (unpaired) electrons. The van der Waals surface area contributed by atoms with Crippen LogP contribution in [-0.2, 0) is 5.41 Å². The lowest BCUT2D eigenvalue weighted by molar-refractivity contribution is 0.101. The van der Waals surface area contributed by atoms with Gasteiger partial charge < -0.3 is 20.8 Å². The molecule has 4 aromatic carbocycles. The van der Waals surface area contributed by atoms with Gasteiger partial charge in [-0.2, -0.15) is 0 Å². The van der Waals surface area contributed by atoms with Crippen molar-refractivity contribution < 1.29 is 19.8 Å². The predicted octanol–water partition coefficient (Wildman–Crippen LogP) is 7.47. The van der Waals surface area contributed by atoms with E-state index in [-0.39, 0.29) is 23.3 Å². The lowest BCUT2D eigenvalue weighted by Crippen LogP contribution is -2.31. The molecule has 1 saturated carbocycles. The Morgan fingerprint density at radius 1 is 0.600 bits per heavy atom. The van der Waals surface area contributed by atoms with Crippen LogP contribution < -0.4 is 10.6 Å². The number of hydrogen-bond acceptors (Lipinski definition) is 4. The van der Waals surface area contributed by atoms with Crippen LogP contribution in [0.2, 0.25) is 0 Å². The summed E-state index contributed by atoms with van der Waals surface area (Å²) < 4.78 is 0. The second-order valence-corrected chi connectivity index (χ2v) is 10.7. The molecule has 1 aliphatic carbocycles. The number of aromatic hydroxyl groups is 2. The number of phenolic OH excluding ortho intramolecular Hbond substituents is 2. The zero-order chi connectivity index (χ0) is 28.3. The van der Waals surface area contributed by atoms with Crippen LogP contribution in [-0.4, -0.2) is 22.0 Å². The summed E-state index contributed by atoms with van der Waals surface area (Å²) >= 11 is 0. The van der Waals surface area contributed by atoms with E-state index in [1.54, 1.807) is 36.4 Å². The molecule has 40 heavy (non-hydrogen) atoms. The van der Waals surface area contributed by atoms with Crippen molar-refractivity contribution >= 4 is 23.2 Å². The zero-order valence-electron chi connectivity index (χ0n) is 22.8. The Kier molecular flexibility index (Phi) is 7.60. The first-order valence-corrected chi connectivity index (χ1v) is 13.7. The van der Waals surface area contributed by atoms with Gasteiger partial charge in [0.25, 0.3) is 11.8 Å². The second kappa shape index (κ2) is 11.3. The molecule has 4 N–H and O–H groups in total. The van der Waals surface area contributed by atoms with Gasteiger partial charge in [-0.05, 0) is 86.3 Å². The van der Waals surface area contributed by atoms with Crippen molar-refractivity contribution in [3.05, 3.63) is 118 Å². The van der Waals surface area contributed by atoms with Crippen molar-refractivity contribution in [2.75, 3.05) is 10.6 Å². The van der Waals surface area contributed by atoms with Crippen LogP contribution in [0.1, 0.15) is 75.1 Å². The van der Waals surface area contributed by atoms with E-state index >= 15 is 0 Å². The van der Waals surface area contributed by atoms with Crippen LogP contribution in [0.15, 0.2) is 84.9 Å². The van der Waals surface area contributed by atoms with E-state index in [9.17, 15) is 19.8 Å². The fraction of sp³-hybridized carbons (Fsp3) is 0.235. The number of carbonyl (C=O) groups excluding carboxylic acids is 2. The molecule has 204 valence electrons. The van der Waals surface area contributed by atoms with Crippen molar-refractivity contribution in [1.29, 1.82) is 0 Å². The summed E-state index contributed by atoms with van der Waals surface area (Å²) in [5, 5.41) is 27.0. The highest BCUT2D eigenvalue weighted by molar-refractivity contribution is 6.05. The summed E-state index contributed by atoms with van der Waals surface area (Å²) in [5.41, 5.74) is 5.35. The molecule has 2 amide bonds. The first kappa shape index (κ1) is 27.0. The smallest absolute Gasteiger partial charge is 0.255 e. The number of phenols is 2. The minimum atomic E-state index is -0.410. The van der Waals surface area contributed by atoms with Crippen LogP contribution >= 0.6 is 0 Å². The summed E-state index contributed by atoms with van der Waals surface area (Å²) in [6, 6.07) is 25.3. The molecule has 0 bridgehead atoms. The number of carbonyl (C=O) groups is 2. The van der Waals surface area contributed by atoms with Gasteiger partial charge in [-0.3, -0.25) is 9.59 Å². The summed E-state index contributed by atoms with van der Waals surface area (Å²) in [7, 11) is 0. The maximum absolute atomic E-state index is 12.9. The van der Waals surface area contributed by atoms with Crippen LogP contribution in [0, 0.1) is 13.8 Å². The van der Waals surface area contributed by atoms with Crippen LogP contribution in [0.5, 0.6) is 11.5 Å². The highest BCUT2D eigenvalue weighted by atomic mass is 16.3. The minimum absolute atomic E-state index is 0.00747. The third kappa shape index (κ3) is 5.57. The molecule has 0 aromatic heterocycles. The third-order valence-corrected chi connectivity index (χ3v) is 7.93. The zero-order valence-corrected chi connectivity index (χ0v) is 22.8. The van der Waals surface area contributed by atoms with Crippen molar-refractivity contribution in [2.45, 2.75) is 51.4 Å². The number of hydrogen-bond donors (Lipinski definition) is 4. The first-order chi connectivity index (χ1) is 19.2. The van der Waals surface area contributed by atoms with Crippen LogP contribution in [0.4, 0.5) is 11.4 Å². The monoisotopic (exact) mass is 534 g/mol. The Morgan fingerprint density at radius 2 is 1.00 bits per heavy atom. The largest absolute Gasteiger partial charge is 0.506 e. The lowest BCUT2D eigenvalue weighted by atomic mass is 9.65. The summed E-state index contributed by atoms with van der Waals surface area (Å²) in [6.07, 6.45) is 4.86. The molecule has 0 unspecified atom stereocenters. The standard InChI is InChI=1S/C34H34N2O4/c1-22-6-10-24(11-7-22)32(39)35-28-20-26(14-16-30(28)37)34(18-4-3-5-19-34)27-15-17-31(38)29(21-27)36-33(40)25-12-8-23(2)9-13-25/h6-17,20-21,37-38H,3-5,18-19H2,1-2H3,(H,35,39)(H,36,40). The van der Waals surface area contributed by atoms with Crippen molar-refractivity contribution in [2.24, 2.45) is 0 Å². The molecule has 4 aromatic rings. The SMILES string of the molecule is Cc1ccc(C(=O)Nc2cc(C3(c4ccc(O)c(NC(=O)c5ccc(C)cc5)c4)CCCCC3)ccc2O)cc1.